The van der Waals surface area contributed by atoms with Gasteiger partial charge in [0.1, 0.15) is 0 Å². The summed E-state index contributed by atoms with van der Waals surface area (Å²) in [6.45, 7) is 2.03. The summed E-state index contributed by atoms with van der Waals surface area (Å²) in [5.41, 5.74) is 2.44. The van der Waals surface area contributed by atoms with E-state index in [4.69, 9.17) is 0 Å². The Morgan fingerprint density at radius 2 is 2.06 bits per heavy atom. The number of benzene rings is 1. The van der Waals surface area contributed by atoms with Gasteiger partial charge in [0, 0.05) is 0 Å². The average Bonchev–Trinajstić information content (AvgIpc) is 2.09. The molecule has 0 saturated heterocycles. The number of hydrogen-bond acceptors (Lipinski definition) is 1. The Morgan fingerprint density at radius 1 is 1.38 bits per heavy atom. The highest BCUT2D eigenvalue weighted by Gasteiger charge is 2.37. The zero-order chi connectivity index (χ0) is 11.8. The van der Waals surface area contributed by atoms with E-state index in [-0.39, 0.29) is 6.10 Å². The minimum Gasteiger partial charge on any atom is -0.314 e. The van der Waals surface area contributed by atoms with Crippen molar-refractivity contribution < 1.29 is 13.5 Å². The van der Waals surface area contributed by atoms with E-state index in [9.17, 15) is 8.78 Å². The fourth-order valence-electron chi connectivity index (χ4n) is 2.08. The fourth-order valence-corrected chi connectivity index (χ4v) is 2.27. The van der Waals surface area contributed by atoms with Crippen molar-refractivity contribution >= 4 is 9.24 Å². The van der Waals surface area contributed by atoms with Gasteiger partial charge in [-0.1, -0.05) is 29.8 Å². The second-order valence-corrected chi connectivity index (χ2v) is 5.06. The van der Waals surface area contributed by atoms with E-state index < -0.39 is 5.85 Å². The third kappa shape index (κ3) is 2.99. The summed E-state index contributed by atoms with van der Waals surface area (Å²) < 4.78 is 29.6. The van der Waals surface area contributed by atoms with Crippen LogP contribution in [0.2, 0.25) is 0 Å². The summed E-state index contributed by atoms with van der Waals surface area (Å²) in [4.78, 5) is 0. The first kappa shape index (κ1) is 11.9. The van der Waals surface area contributed by atoms with Gasteiger partial charge in [0.15, 0.2) is 0 Å². The zero-order valence-electron chi connectivity index (χ0n) is 9.12. The highest BCUT2D eigenvalue weighted by molar-refractivity contribution is 7.17. The van der Waals surface area contributed by atoms with Crippen molar-refractivity contribution in [1.29, 1.82) is 0 Å². The molecule has 1 unspecified atom stereocenters. The van der Waals surface area contributed by atoms with Gasteiger partial charge in [-0.05, 0) is 40.5 Å². The molecule has 0 spiro atoms. The first-order valence-corrected chi connectivity index (χ1v) is 5.93. The van der Waals surface area contributed by atoms with Gasteiger partial charge in [-0.25, -0.2) is 0 Å². The van der Waals surface area contributed by atoms with Gasteiger partial charge in [0.25, 0.3) is 0 Å². The Bertz CT molecular complexity index is 370. The maximum atomic E-state index is 12.5. The summed E-state index contributed by atoms with van der Waals surface area (Å²) in [6.07, 6.45) is 1.07. The fraction of sp³-hybridized carbons (Fsp3) is 0.500. The van der Waals surface area contributed by atoms with Crippen LogP contribution in [0.1, 0.15) is 29.9 Å². The second-order valence-electron chi connectivity index (χ2n) is 4.38. The molecule has 1 aliphatic carbocycles. The van der Waals surface area contributed by atoms with E-state index in [0.717, 1.165) is 0 Å². The molecule has 1 aromatic carbocycles. The van der Waals surface area contributed by atoms with Crippen LogP contribution in [-0.4, -0.2) is 12.0 Å². The van der Waals surface area contributed by atoms with Crippen LogP contribution in [0.5, 0.6) is 0 Å². The lowest BCUT2D eigenvalue weighted by molar-refractivity contribution is -0.213. The summed E-state index contributed by atoms with van der Waals surface area (Å²) in [7, 11) is 1.42. The maximum Gasteiger partial charge on any atom is 0.367 e. The molecule has 0 heterocycles. The standard InChI is InChI=1S/C12H15F2OP/c1-8-3-2-4-9(5-8)10-6-11(7-10)15-12(13,14)16/h2-5,10-11H,6-7,16H2,1H3. The lowest BCUT2D eigenvalue weighted by atomic mass is 9.77. The summed E-state index contributed by atoms with van der Waals surface area (Å²) >= 11 is 0. The first-order valence-electron chi connectivity index (χ1n) is 5.35. The molecule has 0 aliphatic heterocycles. The number of ether oxygens (including phenoxy) is 1. The monoisotopic (exact) mass is 244 g/mol. The van der Waals surface area contributed by atoms with E-state index in [1.165, 1.54) is 20.4 Å². The molecule has 0 bridgehead atoms. The third-order valence-electron chi connectivity index (χ3n) is 2.93. The van der Waals surface area contributed by atoms with Crippen LogP contribution in [0.3, 0.4) is 0 Å². The van der Waals surface area contributed by atoms with Gasteiger partial charge in [-0.2, -0.15) is 8.78 Å². The van der Waals surface area contributed by atoms with Crippen molar-refractivity contribution in [2.24, 2.45) is 0 Å². The van der Waals surface area contributed by atoms with Crippen LogP contribution >= 0.6 is 9.24 Å². The van der Waals surface area contributed by atoms with Crippen LogP contribution in [0.15, 0.2) is 24.3 Å². The minimum absolute atomic E-state index is 0.307. The van der Waals surface area contributed by atoms with E-state index in [1.54, 1.807) is 0 Å². The molecule has 1 saturated carbocycles. The zero-order valence-corrected chi connectivity index (χ0v) is 10.3. The Kier molecular flexibility index (Phi) is 3.27. The molecule has 0 N–H and O–H groups in total. The highest BCUT2D eigenvalue weighted by atomic mass is 31.0. The average molecular weight is 244 g/mol. The van der Waals surface area contributed by atoms with Gasteiger partial charge in [0.05, 0.1) is 6.10 Å². The lowest BCUT2D eigenvalue weighted by Gasteiger charge is -2.36. The Balaban J connectivity index is 1.89. The molecule has 88 valence electrons. The van der Waals surface area contributed by atoms with Crippen LogP contribution in [0.4, 0.5) is 8.78 Å². The number of aryl methyl sites for hydroxylation is 1. The van der Waals surface area contributed by atoms with E-state index in [2.05, 4.69) is 10.8 Å². The second kappa shape index (κ2) is 4.38. The van der Waals surface area contributed by atoms with Crippen molar-refractivity contribution in [3.05, 3.63) is 35.4 Å². The van der Waals surface area contributed by atoms with Crippen molar-refractivity contribution in [2.45, 2.75) is 37.6 Å². The lowest BCUT2D eigenvalue weighted by Crippen LogP contribution is -2.34. The number of rotatable bonds is 3. The largest absolute Gasteiger partial charge is 0.367 e. The first-order chi connectivity index (χ1) is 7.44. The molecule has 0 radical (unpaired) electrons. The Morgan fingerprint density at radius 3 is 2.62 bits per heavy atom. The maximum absolute atomic E-state index is 12.5. The molecule has 1 fully saturated rings. The van der Waals surface area contributed by atoms with Crippen LogP contribution in [0.25, 0.3) is 0 Å². The molecule has 1 aliphatic rings. The summed E-state index contributed by atoms with van der Waals surface area (Å²) in [5, 5.41) is 0. The third-order valence-corrected chi connectivity index (χ3v) is 3.07. The van der Waals surface area contributed by atoms with Crippen molar-refractivity contribution in [3.63, 3.8) is 0 Å². The molecular formula is C12H15F2OP. The summed E-state index contributed by atoms with van der Waals surface area (Å²) in [5.74, 6) is -2.71. The number of halogens is 2. The molecule has 2 rings (SSSR count). The molecule has 0 aromatic heterocycles. The quantitative estimate of drug-likeness (QED) is 0.737. The normalized spacial score (nSPS) is 25.2. The van der Waals surface area contributed by atoms with Gasteiger partial charge in [-0.3, -0.25) is 0 Å². The van der Waals surface area contributed by atoms with Gasteiger partial charge in [0.2, 0.25) is 0 Å². The van der Waals surface area contributed by atoms with Crippen LogP contribution < -0.4 is 0 Å². The molecule has 1 aromatic rings. The van der Waals surface area contributed by atoms with E-state index in [0.29, 0.717) is 18.8 Å². The minimum atomic E-state index is -3.08. The van der Waals surface area contributed by atoms with Crippen LogP contribution in [-0.2, 0) is 4.74 Å². The predicted molar refractivity (Wildman–Crippen MR) is 62.7 cm³/mol. The number of hydrogen-bond donors (Lipinski definition) is 0. The highest BCUT2D eigenvalue weighted by Crippen LogP contribution is 2.42. The smallest absolute Gasteiger partial charge is 0.314 e. The Hall–Kier alpha value is -0.530. The van der Waals surface area contributed by atoms with Gasteiger partial charge >= 0.3 is 5.85 Å². The summed E-state index contributed by atoms with van der Waals surface area (Å²) in [6, 6.07) is 8.20. The molecule has 1 atom stereocenters. The van der Waals surface area contributed by atoms with Gasteiger partial charge in [-0.15, -0.1) is 0 Å². The Labute approximate surface area is 96.4 Å². The van der Waals surface area contributed by atoms with Gasteiger partial charge < -0.3 is 4.74 Å². The predicted octanol–water partition coefficient (Wildman–Crippen LogP) is 3.68. The topological polar surface area (TPSA) is 9.23 Å². The molecule has 0 amide bonds. The van der Waals surface area contributed by atoms with Crippen molar-refractivity contribution in [1.82, 2.24) is 0 Å². The molecule has 16 heavy (non-hydrogen) atoms. The molecule has 4 heteroatoms. The van der Waals surface area contributed by atoms with Crippen molar-refractivity contribution in [3.8, 4) is 0 Å². The van der Waals surface area contributed by atoms with E-state index in [1.807, 2.05) is 25.1 Å². The number of alkyl halides is 2. The van der Waals surface area contributed by atoms with Crippen LogP contribution in [0, 0.1) is 6.92 Å². The molecule has 1 nitrogen and oxygen atoms in total. The SMILES string of the molecule is Cc1cccc(C2CC(OC(F)(F)P)C2)c1. The molecular weight excluding hydrogens is 229 g/mol. The van der Waals surface area contributed by atoms with Crippen molar-refractivity contribution in [2.75, 3.05) is 0 Å². The van der Waals surface area contributed by atoms with E-state index >= 15 is 0 Å².